The van der Waals surface area contributed by atoms with Gasteiger partial charge >= 0.3 is 0 Å². The fourth-order valence-electron chi connectivity index (χ4n) is 2.09. The summed E-state index contributed by atoms with van der Waals surface area (Å²) in [6.07, 6.45) is 0. The smallest absolute Gasteiger partial charge is 0.129 e. The topological polar surface area (TPSA) is 17.8 Å². The monoisotopic (exact) mass is 402 g/mol. The molecule has 2 aromatic carbocycles. The SMILES string of the molecule is ClCc1nc2ccc(Cl)cc2n1-c1cccc(I)c1. The number of imidazole rings is 1. The summed E-state index contributed by atoms with van der Waals surface area (Å²) >= 11 is 14.4. The standard InChI is InChI=1S/C14H9Cl2IN2/c15-8-14-18-12-5-4-9(16)6-13(12)19(14)11-3-1-2-10(17)7-11/h1-7H,8H2. The van der Waals surface area contributed by atoms with Crippen LogP contribution < -0.4 is 0 Å². The number of fused-ring (bicyclic) bond motifs is 1. The molecule has 0 aliphatic carbocycles. The van der Waals surface area contributed by atoms with Crippen molar-refractivity contribution in [3.8, 4) is 5.69 Å². The maximum atomic E-state index is 6.09. The molecule has 0 saturated carbocycles. The van der Waals surface area contributed by atoms with E-state index in [9.17, 15) is 0 Å². The summed E-state index contributed by atoms with van der Waals surface area (Å²) in [7, 11) is 0. The highest BCUT2D eigenvalue weighted by Gasteiger charge is 2.12. The molecule has 2 nitrogen and oxygen atoms in total. The Morgan fingerprint density at radius 3 is 2.74 bits per heavy atom. The normalized spacial score (nSPS) is 11.1. The molecule has 0 amide bonds. The second-order valence-electron chi connectivity index (χ2n) is 4.11. The van der Waals surface area contributed by atoms with E-state index in [0.29, 0.717) is 10.9 Å². The molecule has 0 N–H and O–H groups in total. The van der Waals surface area contributed by atoms with Crippen LogP contribution in [0.2, 0.25) is 5.02 Å². The number of hydrogen-bond acceptors (Lipinski definition) is 1. The van der Waals surface area contributed by atoms with Crippen LogP contribution in [0, 0.1) is 3.57 Å². The van der Waals surface area contributed by atoms with Crippen molar-refractivity contribution in [2.24, 2.45) is 0 Å². The lowest BCUT2D eigenvalue weighted by atomic mass is 10.3. The van der Waals surface area contributed by atoms with E-state index in [-0.39, 0.29) is 0 Å². The van der Waals surface area contributed by atoms with Gasteiger partial charge in [0.1, 0.15) is 5.82 Å². The highest BCUT2D eigenvalue weighted by molar-refractivity contribution is 14.1. The Morgan fingerprint density at radius 1 is 1.16 bits per heavy atom. The molecule has 0 aliphatic heterocycles. The van der Waals surface area contributed by atoms with Gasteiger partial charge < -0.3 is 0 Å². The van der Waals surface area contributed by atoms with Crippen LogP contribution >= 0.6 is 45.8 Å². The minimum Gasteiger partial charge on any atom is -0.295 e. The fraction of sp³-hybridized carbons (Fsp3) is 0.0714. The Labute approximate surface area is 134 Å². The first kappa shape index (κ1) is 13.2. The fourth-order valence-corrected chi connectivity index (χ4v) is 2.96. The molecule has 0 aliphatic rings. The van der Waals surface area contributed by atoms with E-state index in [1.165, 1.54) is 3.57 Å². The molecule has 0 bridgehead atoms. The van der Waals surface area contributed by atoms with Gasteiger partial charge in [0.2, 0.25) is 0 Å². The Balaban J connectivity index is 2.34. The van der Waals surface area contributed by atoms with Gasteiger partial charge in [-0.2, -0.15) is 0 Å². The molecule has 0 unspecified atom stereocenters. The molecule has 96 valence electrons. The lowest BCUT2D eigenvalue weighted by molar-refractivity contribution is 0.981. The van der Waals surface area contributed by atoms with Crippen LogP contribution in [0.5, 0.6) is 0 Å². The van der Waals surface area contributed by atoms with Gasteiger partial charge in [-0.25, -0.2) is 4.98 Å². The third-order valence-electron chi connectivity index (χ3n) is 2.87. The van der Waals surface area contributed by atoms with E-state index in [2.05, 4.69) is 44.3 Å². The molecule has 0 radical (unpaired) electrons. The highest BCUT2D eigenvalue weighted by atomic mass is 127. The first-order chi connectivity index (χ1) is 9.19. The van der Waals surface area contributed by atoms with Crippen molar-refractivity contribution >= 4 is 56.8 Å². The van der Waals surface area contributed by atoms with Crippen LogP contribution in [0.3, 0.4) is 0 Å². The molecule has 1 aromatic heterocycles. The maximum Gasteiger partial charge on any atom is 0.129 e. The quantitative estimate of drug-likeness (QED) is 0.434. The third kappa shape index (κ3) is 2.47. The molecule has 0 atom stereocenters. The maximum absolute atomic E-state index is 6.09. The van der Waals surface area contributed by atoms with Gasteiger partial charge in [-0.1, -0.05) is 17.7 Å². The first-order valence-electron chi connectivity index (χ1n) is 5.68. The van der Waals surface area contributed by atoms with E-state index in [1.54, 1.807) is 0 Å². The second kappa shape index (κ2) is 5.31. The van der Waals surface area contributed by atoms with Gasteiger partial charge in [-0.3, -0.25) is 4.57 Å². The molecular weight excluding hydrogens is 394 g/mol. The molecule has 0 fully saturated rings. The van der Waals surface area contributed by atoms with Gasteiger partial charge in [0.25, 0.3) is 0 Å². The van der Waals surface area contributed by atoms with Gasteiger partial charge in [-0.15, -0.1) is 11.6 Å². The zero-order chi connectivity index (χ0) is 13.4. The number of rotatable bonds is 2. The summed E-state index contributed by atoms with van der Waals surface area (Å²) in [5.41, 5.74) is 2.93. The van der Waals surface area contributed by atoms with Crippen LogP contribution in [-0.2, 0) is 5.88 Å². The summed E-state index contributed by atoms with van der Waals surface area (Å²) < 4.78 is 3.22. The van der Waals surface area contributed by atoms with Crippen molar-refractivity contribution in [2.75, 3.05) is 0 Å². The largest absolute Gasteiger partial charge is 0.295 e. The molecule has 0 spiro atoms. The molecule has 5 heteroatoms. The van der Waals surface area contributed by atoms with Crippen LogP contribution in [0.4, 0.5) is 0 Å². The van der Waals surface area contributed by atoms with E-state index in [0.717, 1.165) is 22.5 Å². The predicted octanol–water partition coefficient (Wildman–Crippen LogP) is 5.02. The first-order valence-corrected chi connectivity index (χ1v) is 7.67. The zero-order valence-electron chi connectivity index (χ0n) is 9.78. The van der Waals surface area contributed by atoms with Gasteiger partial charge in [0.05, 0.1) is 16.9 Å². The third-order valence-corrected chi connectivity index (χ3v) is 4.02. The van der Waals surface area contributed by atoms with E-state index in [1.807, 2.05) is 30.3 Å². The van der Waals surface area contributed by atoms with Crippen molar-refractivity contribution in [2.45, 2.75) is 5.88 Å². The van der Waals surface area contributed by atoms with E-state index >= 15 is 0 Å². The van der Waals surface area contributed by atoms with Crippen LogP contribution in [-0.4, -0.2) is 9.55 Å². The van der Waals surface area contributed by atoms with Crippen molar-refractivity contribution in [1.82, 2.24) is 9.55 Å². The molecule has 1 heterocycles. The highest BCUT2D eigenvalue weighted by Crippen LogP contribution is 2.26. The zero-order valence-corrected chi connectivity index (χ0v) is 13.4. The average molecular weight is 403 g/mol. The number of nitrogens with zero attached hydrogens (tertiary/aromatic N) is 2. The number of benzene rings is 2. The summed E-state index contributed by atoms with van der Waals surface area (Å²) in [4.78, 5) is 4.55. The van der Waals surface area contributed by atoms with Gasteiger partial charge in [0, 0.05) is 14.3 Å². The number of alkyl halides is 1. The summed E-state index contributed by atoms with van der Waals surface area (Å²) in [5.74, 6) is 1.18. The molecule has 0 saturated heterocycles. The minimum absolute atomic E-state index is 0.359. The number of hydrogen-bond donors (Lipinski definition) is 0. The van der Waals surface area contributed by atoms with Crippen LogP contribution in [0.15, 0.2) is 42.5 Å². The summed E-state index contributed by atoms with van der Waals surface area (Å²) in [5, 5.41) is 0.695. The number of aromatic nitrogens is 2. The summed E-state index contributed by atoms with van der Waals surface area (Å²) in [6.45, 7) is 0. The van der Waals surface area contributed by atoms with Crippen molar-refractivity contribution < 1.29 is 0 Å². The molecule has 19 heavy (non-hydrogen) atoms. The minimum atomic E-state index is 0.359. The predicted molar refractivity (Wildman–Crippen MR) is 88.4 cm³/mol. The molecule has 3 aromatic rings. The average Bonchev–Trinajstić information content (AvgIpc) is 2.76. The Hall–Kier alpha value is -0.780. The van der Waals surface area contributed by atoms with E-state index < -0.39 is 0 Å². The van der Waals surface area contributed by atoms with Gasteiger partial charge in [-0.05, 0) is 59.0 Å². The lowest BCUT2D eigenvalue weighted by Gasteiger charge is -2.08. The molecular formula is C14H9Cl2IN2. The van der Waals surface area contributed by atoms with Crippen molar-refractivity contribution in [1.29, 1.82) is 0 Å². The van der Waals surface area contributed by atoms with Crippen molar-refractivity contribution in [3.63, 3.8) is 0 Å². The Bertz CT molecular complexity index is 752. The molecule has 3 rings (SSSR count). The Morgan fingerprint density at radius 2 is 2.00 bits per heavy atom. The lowest BCUT2D eigenvalue weighted by Crippen LogP contribution is -1.99. The van der Waals surface area contributed by atoms with Crippen molar-refractivity contribution in [3.05, 3.63) is 56.9 Å². The van der Waals surface area contributed by atoms with E-state index in [4.69, 9.17) is 23.2 Å². The van der Waals surface area contributed by atoms with Crippen LogP contribution in [0.1, 0.15) is 5.82 Å². The van der Waals surface area contributed by atoms with Gasteiger partial charge in [0.15, 0.2) is 0 Å². The van der Waals surface area contributed by atoms with Crippen LogP contribution in [0.25, 0.3) is 16.7 Å². The summed E-state index contributed by atoms with van der Waals surface area (Å²) in [6, 6.07) is 13.9. The number of halogens is 3. The Kier molecular flexibility index (Phi) is 3.69. The second-order valence-corrected chi connectivity index (χ2v) is 6.06.